The van der Waals surface area contributed by atoms with Gasteiger partial charge in [-0.15, -0.1) is 0 Å². The third-order valence-electron chi connectivity index (χ3n) is 5.81. The van der Waals surface area contributed by atoms with Crippen LogP contribution in [0.1, 0.15) is 55.6 Å². The van der Waals surface area contributed by atoms with Gasteiger partial charge in [0.15, 0.2) is 0 Å². The standard InChI is InChI=1S/C24H28N4O4/c1-4-24(5-2)22(31)28(23(32)27-24)15-20(29)25-16(3)18-12-9-13-19(14-18)26-21(30)17-10-7-6-8-11-17/h6-14,16H,4-5,15H2,1-3H3,(H,25,29)(H,26,30)(H,27,32). The van der Waals surface area contributed by atoms with Crippen LogP contribution in [0.15, 0.2) is 54.6 Å². The van der Waals surface area contributed by atoms with Gasteiger partial charge < -0.3 is 16.0 Å². The number of nitrogens with one attached hydrogen (secondary N) is 3. The van der Waals surface area contributed by atoms with Crippen LogP contribution < -0.4 is 16.0 Å². The van der Waals surface area contributed by atoms with Crippen LogP contribution in [0.5, 0.6) is 0 Å². The summed E-state index contributed by atoms with van der Waals surface area (Å²) in [6, 6.07) is 15.1. The van der Waals surface area contributed by atoms with Gasteiger partial charge in [-0.2, -0.15) is 0 Å². The molecule has 0 aromatic heterocycles. The maximum atomic E-state index is 12.7. The number of benzene rings is 2. The smallest absolute Gasteiger partial charge is 0.325 e. The second kappa shape index (κ2) is 9.64. The molecule has 8 heteroatoms. The monoisotopic (exact) mass is 436 g/mol. The highest BCUT2D eigenvalue weighted by Gasteiger charge is 2.49. The summed E-state index contributed by atoms with van der Waals surface area (Å²) in [6.07, 6.45) is 0.925. The molecule has 32 heavy (non-hydrogen) atoms. The number of hydrogen-bond acceptors (Lipinski definition) is 4. The van der Waals surface area contributed by atoms with E-state index in [1.165, 1.54) is 0 Å². The molecule has 168 valence electrons. The van der Waals surface area contributed by atoms with Gasteiger partial charge in [-0.25, -0.2) is 4.79 Å². The van der Waals surface area contributed by atoms with Gasteiger partial charge in [0.2, 0.25) is 5.91 Å². The molecule has 0 spiro atoms. The molecular weight excluding hydrogens is 408 g/mol. The molecule has 1 unspecified atom stereocenters. The Kier molecular flexibility index (Phi) is 6.92. The molecule has 3 N–H and O–H groups in total. The van der Waals surface area contributed by atoms with Crippen LogP contribution in [0.4, 0.5) is 10.5 Å². The highest BCUT2D eigenvalue weighted by Crippen LogP contribution is 2.25. The Morgan fingerprint density at radius 1 is 1.03 bits per heavy atom. The van der Waals surface area contributed by atoms with E-state index >= 15 is 0 Å². The third kappa shape index (κ3) is 4.80. The van der Waals surface area contributed by atoms with Crippen LogP contribution in [-0.4, -0.2) is 40.7 Å². The average molecular weight is 437 g/mol. The van der Waals surface area contributed by atoms with Gasteiger partial charge in [-0.05, 0) is 49.6 Å². The first-order valence-corrected chi connectivity index (χ1v) is 10.7. The van der Waals surface area contributed by atoms with Gasteiger partial charge in [0.05, 0.1) is 6.04 Å². The number of amides is 5. The second-order valence-electron chi connectivity index (χ2n) is 7.85. The number of anilines is 1. The minimum atomic E-state index is -0.936. The largest absolute Gasteiger partial charge is 0.348 e. The molecule has 0 aliphatic carbocycles. The lowest BCUT2D eigenvalue weighted by atomic mass is 9.93. The zero-order chi connectivity index (χ0) is 23.3. The molecule has 1 heterocycles. The Hall–Kier alpha value is -3.68. The Morgan fingerprint density at radius 2 is 1.72 bits per heavy atom. The average Bonchev–Trinajstić information content (AvgIpc) is 3.04. The molecule has 1 atom stereocenters. The van der Waals surface area contributed by atoms with Gasteiger partial charge in [-0.3, -0.25) is 19.3 Å². The number of rotatable bonds is 8. The maximum absolute atomic E-state index is 12.7. The van der Waals surface area contributed by atoms with Crippen molar-refractivity contribution in [3.63, 3.8) is 0 Å². The summed E-state index contributed by atoms with van der Waals surface area (Å²) >= 11 is 0. The summed E-state index contributed by atoms with van der Waals surface area (Å²) in [5, 5.41) is 8.37. The molecule has 1 aliphatic rings. The van der Waals surface area contributed by atoms with Crippen molar-refractivity contribution in [2.75, 3.05) is 11.9 Å². The fraction of sp³-hybridized carbons (Fsp3) is 0.333. The number of nitrogens with zero attached hydrogens (tertiary/aromatic N) is 1. The van der Waals surface area contributed by atoms with E-state index < -0.39 is 17.5 Å². The van der Waals surface area contributed by atoms with Crippen molar-refractivity contribution in [1.29, 1.82) is 0 Å². The van der Waals surface area contributed by atoms with E-state index in [4.69, 9.17) is 0 Å². The lowest BCUT2D eigenvalue weighted by Crippen LogP contribution is -2.46. The van der Waals surface area contributed by atoms with Crippen LogP contribution in [0.2, 0.25) is 0 Å². The molecule has 1 aliphatic heterocycles. The maximum Gasteiger partial charge on any atom is 0.325 e. The SMILES string of the molecule is CCC1(CC)NC(=O)N(CC(=O)NC(C)c2cccc(NC(=O)c3ccccc3)c2)C1=O. The Bertz CT molecular complexity index is 1020. The molecule has 0 saturated carbocycles. The van der Waals surface area contributed by atoms with Crippen LogP contribution in [-0.2, 0) is 9.59 Å². The molecule has 5 amide bonds. The van der Waals surface area contributed by atoms with Crippen molar-refractivity contribution in [3.05, 3.63) is 65.7 Å². The molecular formula is C24H28N4O4. The highest BCUT2D eigenvalue weighted by molar-refractivity contribution is 6.09. The lowest BCUT2D eigenvalue weighted by molar-refractivity contribution is -0.135. The topological polar surface area (TPSA) is 108 Å². The molecule has 0 bridgehead atoms. The summed E-state index contributed by atoms with van der Waals surface area (Å²) in [4.78, 5) is 50.8. The molecule has 2 aromatic carbocycles. The van der Waals surface area contributed by atoms with Crippen molar-refractivity contribution >= 4 is 29.4 Å². The summed E-state index contributed by atoms with van der Waals surface area (Å²) in [7, 11) is 0. The van der Waals surface area contributed by atoms with Gasteiger partial charge in [0.1, 0.15) is 12.1 Å². The van der Waals surface area contributed by atoms with E-state index in [-0.39, 0.29) is 24.4 Å². The molecule has 8 nitrogen and oxygen atoms in total. The van der Waals surface area contributed by atoms with Crippen LogP contribution >= 0.6 is 0 Å². The van der Waals surface area contributed by atoms with Crippen LogP contribution in [0.3, 0.4) is 0 Å². The van der Waals surface area contributed by atoms with Gasteiger partial charge in [-0.1, -0.05) is 44.2 Å². The van der Waals surface area contributed by atoms with Gasteiger partial charge in [0.25, 0.3) is 11.8 Å². The van der Waals surface area contributed by atoms with Gasteiger partial charge in [0, 0.05) is 11.3 Å². The number of hydrogen-bond donors (Lipinski definition) is 3. The first kappa shape index (κ1) is 23.0. The van der Waals surface area contributed by atoms with Crippen molar-refractivity contribution in [2.45, 2.75) is 45.2 Å². The fourth-order valence-electron chi connectivity index (χ4n) is 3.74. The van der Waals surface area contributed by atoms with E-state index in [1.807, 2.05) is 26.0 Å². The zero-order valence-electron chi connectivity index (χ0n) is 18.5. The predicted molar refractivity (Wildman–Crippen MR) is 121 cm³/mol. The van der Waals surface area contributed by atoms with E-state index in [2.05, 4.69) is 16.0 Å². The summed E-state index contributed by atoms with van der Waals surface area (Å²) in [5.74, 6) is -1.04. The highest BCUT2D eigenvalue weighted by atomic mass is 16.2. The van der Waals surface area contributed by atoms with Gasteiger partial charge >= 0.3 is 6.03 Å². The van der Waals surface area contributed by atoms with E-state index in [9.17, 15) is 19.2 Å². The molecule has 1 fully saturated rings. The normalized spacial score (nSPS) is 15.8. The molecule has 0 radical (unpaired) electrons. The van der Waals surface area contributed by atoms with Crippen molar-refractivity contribution < 1.29 is 19.2 Å². The fourth-order valence-corrected chi connectivity index (χ4v) is 3.74. The quantitative estimate of drug-likeness (QED) is 0.552. The molecule has 2 aromatic rings. The number of imide groups is 1. The summed E-state index contributed by atoms with van der Waals surface area (Å²) in [5.41, 5.74) is 0.983. The number of urea groups is 1. The predicted octanol–water partition coefficient (Wildman–Crippen LogP) is 3.23. The second-order valence-corrected chi connectivity index (χ2v) is 7.85. The van der Waals surface area contributed by atoms with Crippen molar-refractivity contribution in [3.8, 4) is 0 Å². The van der Waals surface area contributed by atoms with Crippen molar-refractivity contribution in [2.24, 2.45) is 0 Å². The van der Waals surface area contributed by atoms with Crippen LogP contribution in [0.25, 0.3) is 0 Å². The minimum Gasteiger partial charge on any atom is -0.348 e. The minimum absolute atomic E-state index is 0.228. The van der Waals surface area contributed by atoms with Crippen molar-refractivity contribution in [1.82, 2.24) is 15.5 Å². The zero-order valence-corrected chi connectivity index (χ0v) is 18.5. The Balaban J connectivity index is 1.62. The number of carbonyl (C=O) groups is 4. The first-order valence-electron chi connectivity index (χ1n) is 10.7. The first-order chi connectivity index (χ1) is 15.3. The summed E-state index contributed by atoms with van der Waals surface area (Å²) in [6.45, 7) is 5.11. The Morgan fingerprint density at radius 3 is 2.34 bits per heavy atom. The molecule has 3 rings (SSSR count). The summed E-state index contributed by atoms with van der Waals surface area (Å²) < 4.78 is 0. The molecule has 1 saturated heterocycles. The van der Waals surface area contributed by atoms with E-state index in [0.29, 0.717) is 24.1 Å². The third-order valence-corrected chi connectivity index (χ3v) is 5.81. The van der Waals surface area contributed by atoms with E-state index in [1.54, 1.807) is 49.4 Å². The van der Waals surface area contributed by atoms with E-state index in [0.717, 1.165) is 10.5 Å². The Labute approximate surface area is 187 Å². The van der Waals surface area contributed by atoms with Crippen LogP contribution in [0, 0.1) is 0 Å². The number of carbonyl (C=O) groups excluding carboxylic acids is 4. The lowest BCUT2D eigenvalue weighted by Gasteiger charge is -2.23.